The Bertz CT molecular complexity index is 607. The van der Waals surface area contributed by atoms with E-state index >= 15 is 0 Å². The zero-order valence-corrected chi connectivity index (χ0v) is 12.2. The van der Waals surface area contributed by atoms with Gasteiger partial charge in [0.25, 0.3) is 0 Å². The van der Waals surface area contributed by atoms with Crippen molar-refractivity contribution in [1.82, 2.24) is 4.98 Å². The number of hydrogen-bond donors (Lipinski definition) is 1. The molecule has 1 aromatic heterocycles. The lowest BCUT2D eigenvalue weighted by Crippen LogP contribution is -2.12. The van der Waals surface area contributed by atoms with E-state index in [1.807, 2.05) is 12.3 Å². The molecular weight excluding hydrogens is 252 g/mol. The fourth-order valence-corrected chi connectivity index (χ4v) is 2.72. The summed E-state index contributed by atoms with van der Waals surface area (Å²) < 4.78 is 0. The van der Waals surface area contributed by atoms with Crippen LogP contribution in [0.15, 0.2) is 36.5 Å². The number of thiol groups is 1. The summed E-state index contributed by atoms with van der Waals surface area (Å²) in [4.78, 5) is 6.80. The molecule has 0 bridgehead atoms. The predicted molar refractivity (Wildman–Crippen MR) is 84.0 cm³/mol. The highest BCUT2D eigenvalue weighted by molar-refractivity contribution is 7.80. The van der Waals surface area contributed by atoms with Crippen LogP contribution in [0, 0.1) is 0 Å². The smallest absolute Gasteiger partial charge is 0.0705 e. The Hall–Kier alpha value is -1.48. The van der Waals surface area contributed by atoms with Crippen molar-refractivity contribution in [2.24, 2.45) is 0 Å². The van der Waals surface area contributed by atoms with Gasteiger partial charge in [0.05, 0.1) is 5.69 Å². The van der Waals surface area contributed by atoms with Crippen LogP contribution in [0.4, 0.5) is 5.69 Å². The number of aromatic nitrogens is 1. The summed E-state index contributed by atoms with van der Waals surface area (Å²) in [6.07, 6.45) is 3.02. The quantitative estimate of drug-likeness (QED) is 0.837. The highest BCUT2D eigenvalue weighted by Crippen LogP contribution is 2.32. The van der Waals surface area contributed by atoms with Crippen molar-refractivity contribution in [1.29, 1.82) is 0 Å². The first-order valence-electron chi connectivity index (χ1n) is 6.63. The topological polar surface area (TPSA) is 16.1 Å². The molecule has 98 valence electrons. The maximum atomic E-state index is 4.49. The van der Waals surface area contributed by atoms with Crippen LogP contribution in [0.1, 0.15) is 23.3 Å². The van der Waals surface area contributed by atoms with Gasteiger partial charge in [-0.1, -0.05) is 12.1 Å². The van der Waals surface area contributed by atoms with Gasteiger partial charge in [0.2, 0.25) is 0 Å². The van der Waals surface area contributed by atoms with E-state index in [9.17, 15) is 0 Å². The fourth-order valence-electron chi connectivity index (χ4n) is 2.56. The van der Waals surface area contributed by atoms with Crippen molar-refractivity contribution in [3.63, 3.8) is 0 Å². The summed E-state index contributed by atoms with van der Waals surface area (Å²) in [6, 6.07) is 10.8. The second-order valence-electron chi connectivity index (χ2n) is 5.17. The summed E-state index contributed by atoms with van der Waals surface area (Å²) in [7, 11) is 2.15. The third-order valence-corrected chi connectivity index (χ3v) is 4.07. The molecular formula is C16H18N2S. The molecule has 1 unspecified atom stereocenters. The van der Waals surface area contributed by atoms with E-state index in [4.69, 9.17) is 0 Å². The molecule has 2 nitrogen and oxygen atoms in total. The second kappa shape index (κ2) is 4.89. The second-order valence-corrected chi connectivity index (χ2v) is 5.94. The number of nitrogens with zero attached hydrogens (tertiary/aromatic N) is 2. The molecule has 0 saturated heterocycles. The summed E-state index contributed by atoms with van der Waals surface area (Å²) >= 11 is 4.49. The average molecular weight is 270 g/mol. The molecule has 1 aliphatic rings. The molecule has 3 rings (SSSR count). The largest absolute Gasteiger partial charge is 0.374 e. The lowest BCUT2D eigenvalue weighted by atomic mass is 10.0. The number of anilines is 1. The van der Waals surface area contributed by atoms with E-state index < -0.39 is 0 Å². The standard InChI is InChI=1S/C16H18N2S/c1-11(19)13-5-7-17-15(9-13)14-4-3-12-6-8-18(2)16(12)10-14/h3-5,7,9-11,19H,6,8H2,1-2H3. The predicted octanol–water partition coefficient (Wildman–Crippen LogP) is 3.73. The maximum absolute atomic E-state index is 4.49. The Morgan fingerprint density at radius 3 is 2.89 bits per heavy atom. The Balaban J connectivity index is 2.03. The van der Waals surface area contributed by atoms with E-state index in [0.717, 1.165) is 18.7 Å². The van der Waals surface area contributed by atoms with Crippen molar-refractivity contribution < 1.29 is 0 Å². The number of hydrogen-bond acceptors (Lipinski definition) is 3. The summed E-state index contributed by atoms with van der Waals surface area (Å²) in [5.74, 6) is 0. The Morgan fingerprint density at radius 1 is 1.26 bits per heavy atom. The molecule has 0 saturated carbocycles. The molecule has 0 aliphatic carbocycles. The van der Waals surface area contributed by atoms with E-state index in [1.54, 1.807) is 0 Å². The number of benzene rings is 1. The monoisotopic (exact) mass is 270 g/mol. The molecule has 19 heavy (non-hydrogen) atoms. The first-order valence-corrected chi connectivity index (χ1v) is 7.15. The minimum absolute atomic E-state index is 0.235. The third kappa shape index (κ3) is 2.35. The van der Waals surface area contributed by atoms with Gasteiger partial charge < -0.3 is 4.90 Å². The lowest BCUT2D eigenvalue weighted by Gasteiger charge is -2.13. The number of likely N-dealkylation sites (N-methyl/N-ethyl adjacent to an activating group) is 1. The highest BCUT2D eigenvalue weighted by Gasteiger charge is 2.16. The first-order chi connectivity index (χ1) is 9.15. The zero-order valence-electron chi connectivity index (χ0n) is 11.3. The van der Waals surface area contributed by atoms with Crippen LogP contribution in [0.5, 0.6) is 0 Å². The van der Waals surface area contributed by atoms with Gasteiger partial charge in [-0.25, -0.2) is 0 Å². The maximum Gasteiger partial charge on any atom is 0.0705 e. The van der Waals surface area contributed by atoms with Crippen LogP contribution >= 0.6 is 12.6 Å². The molecule has 1 atom stereocenters. The molecule has 3 heteroatoms. The molecule has 1 aliphatic heterocycles. The Kier molecular flexibility index (Phi) is 3.23. The van der Waals surface area contributed by atoms with Gasteiger partial charge in [-0.05, 0) is 42.7 Å². The first kappa shape index (κ1) is 12.5. The molecule has 0 amide bonds. The zero-order chi connectivity index (χ0) is 13.4. The van der Waals surface area contributed by atoms with Gasteiger partial charge >= 0.3 is 0 Å². The van der Waals surface area contributed by atoms with E-state index in [1.165, 1.54) is 22.4 Å². The third-order valence-electron chi connectivity index (χ3n) is 3.78. The molecule has 0 fully saturated rings. The normalized spacial score (nSPS) is 15.4. The van der Waals surface area contributed by atoms with Crippen LogP contribution in [0.3, 0.4) is 0 Å². The van der Waals surface area contributed by atoms with Crippen molar-refractivity contribution >= 4 is 18.3 Å². The van der Waals surface area contributed by atoms with Crippen LogP contribution < -0.4 is 4.90 Å². The van der Waals surface area contributed by atoms with Gasteiger partial charge in [-0.15, -0.1) is 0 Å². The lowest BCUT2D eigenvalue weighted by molar-refractivity contribution is 0.956. The number of fused-ring (bicyclic) bond motifs is 1. The van der Waals surface area contributed by atoms with Crippen LogP contribution in [0.25, 0.3) is 11.3 Å². The number of rotatable bonds is 2. The van der Waals surface area contributed by atoms with Gasteiger partial charge in [0.1, 0.15) is 0 Å². The van der Waals surface area contributed by atoms with E-state index in [0.29, 0.717) is 0 Å². The summed E-state index contributed by atoms with van der Waals surface area (Å²) in [5, 5.41) is 0.235. The molecule has 2 aromatic rings. The fraction of sp³-hybridized carbons (Fsp3) is 0.312. The van der Waals surface area contributed by atoms with E-state index in [2.05, 4.69) is 60.7 Å². The SMILES string of the molecule is CC(S)c1ccnc(-c2ccc3c(c2)N(C)CC3)c1. The van der Waals surface area contributed by atoms with Crippen molar-refractivity contribution in [2.75, 3.05) is 18.5 Å². The molecule has 2 heterocycles. The van der Waals surface area contributed by atoms with Crippen molar-refractivity contribution in [2.45, 2.75) is 18.6 Å². The minimum atomic E-state index is 0.235. The molecule has 1 aromatic carbocycles. The van der Waals surface area contributed by atoms with Gasteiger partial charge in [-0.2, -0.15) is 12.6 Å². The van der Waals surface area contributed by atoms with Crippen LogP contribution in [0.2, 0.25) is 0 Å². The average Bonchev–Trinajstić information content (AvgIpc) is 2.80. The highest BCUT2D eigenvalue weighted by atomic mass is 32.1. The Labute approximate surface area is 119 Å². The number of pyridine rings is 1. The molecule has 0 spiro atoms. The van der Waals surface area contributed by atoms with E-state index in [-0.39, 0.29) is 5.25 Å². The van der Waals surface area contributed by atoms with Gasteiger partial charge in [0, 0.05) is 36.3 Å². The van der Waals surface area contributed by atoms with Crippen LogP contribution in [-0.4, -0.2) is 18.6 Å². The molecule has 0 N–H and O–H groups in total. The summed E-state index contributed by atoms with van der Waals surface area (Å²) in [5.41, 5.74) is 6.20. The van der Waals surface area contributed by atoms with Gasteiger partial charge in [0.15, 0.2) is 0 Å². The van der Waals surface area contributed by atoms with Crippen molar-refractivity contribution in [3.05, 3.63) is 47.7 Å². The van der Waals surface area contributed by atoms with Crippen LogP contribution in [-0.2, 0) is 6.42 Å². The van der Waals surface area contributed by atoms with Crippen molar-refractivity contribution in [3.8, 4) is 11.3 Å². The van der Waals surface area contributed by atoms with Gasteiger partial charge in [-0.3, -0.25) is 4.98 Å². The molecule has 0 radical (unpaired) electrons. The Morgan fingerprint density at radius 2 is 2.11 bits per heavy atom. The minimum Gasteiger partial charge on any atom is -0.374 e. The summed E-state index contributed by atoms with van der Waals surface area (Å²) in [6.45, 7) is 3.19.